The van der Waals surface area contributed by atoms with Crippen LogP contribution in [-0.2, 0) is 27.4 Å². The van der Waals surface area contributed by atoms with E-state index in [-0.39, 0.29) is 12.1 Å². The lowest BCUT2D eigenvalue weighted by atomic mass is 9.99. The van der Waals surface area contributed by atoms with E-state index in [9.17, 15) is 9.59 Å². The molecule has 0 fully saturated rings. The van der Waals surface area contributed by atoms with Crippen molar-refractivity contribution in [2.75, 3.05) is 26.6 Å². The third kappa shape index (κ3) is 4.78. The molecule has 9 nitrogen and oxygen atoms in total. The molecule has 0 saturated carbocycles. The summed E-state index contributed by atoms with van der Waals surface area (Å²) < 4.78 is 16.1. The van der Waals surface area contributed by atoms with Crippen molar-refractivity contribution in [2.45, 2.75) is 25.9 Å². The largest absolute Gasteiger partial charge is 0.499 e. The maximum atomic E-state index is 12.2. The van der Waals surface area contributed by atoms with Gasteiger partial charge >= 0.3 is 0 Å². The second-order valence-corrected chi connectivity index (χ2v) is 7.73. The molecule has 1 aromatic heterocycles. The molecule has 0 atom stereocenters. The number of nitrogens with zero attached hydrogens (tertiary/aromatic N) is 2. The Hall–Kier alpha value is -4.14. The first-order chi connectivity index (χ1) is 16.5. The molecule has 0 radical (unpaired) electrons. The average molecular weight is 463 g/mol. The van der Waals surface area contributed by atoms with Crippen LogP contribution in [0.3, 0.4) is 0 Å². The molecule has 0 aliphatic heterocycles. The molecule has 2 aromatic carbocycles. The van der Waals surface area contributed by atoms with Crippen LogP contribution in [0.5, 0.6) is 11.5 Å². The molecule has 0 saturated heterocycles. The fraction of sp³-hybridized carbons (Fsp3) is 0.280. The van der Waals surface area contributed by atoms with E-state index in [1.165, 1.54) is 13.4 Å². The van der Waals surface area contributed by atoms with Gasteiger partial charge in [-0.1, -0.05) is 24.3 Å². The number of carbonyl (C=O) groups excluding carboxylic acids is 2. The number of carbonyl (C=O) groups is 2. The molecule has 4 rings (SSSR count). The van der Waals surface area contributed by atoms with Crippen molar-refractivity contribution in [2.24, 2.45) is 0 Å². The number of ether oxygens (including phenoxy) is 3. The van der Waals surface area contributed by atoms with Gasteiger partial charge in [-0.05, 0) is 17.2 Å². The second-order valence-electron chi connectivity index (χ2n) is 7.73. The maximum absolute atomic E-state index is 12.2. The van der Waals surface area contributed by atoms with Gasteiger partial charge in [-0.25, -0.2) is 9.97 Å². The maximum Gasteiger partial charge on any atom is 0.247 e. The number of Topliss-reactive ketones (excluding diaryl/α,β-unsaturated/α-hetero) is 2. The van der Waals surface area contributed by atoms with Crippen LogP contribution < -0.4 is 20.1 Å². The van der Waals surface area contributed by atoms with Gasteiger partial charge in [0.05, 0.1) is 26.8 Å². The highest BCUT2D eigenvalue weighted by Crippen LogP contribution is 2.33. The minimum atomic E-state index is -0.524. The van der Waals surface area contributed by atoms with E-state index in [1.54, 1.807) is 14.2 Å². The van der Waals surface area contributed by atoms with E-state index in [4.69, 9.17) is 14.2 Å². The Kier molecular flexibility index (Phi) is 6.91. The number of benzene rings is 2. The highest BCUT2D eigenvalue weighted by atomic mass is 16.5. The van der Waals surface area contributed by atoms with Gasteiger partial charge in [-0.3, -0.25) is 9.59 Å². The predicted octanol–water partition coefficient (Wildman–Crippen LogP) is 3.14. The smallest absolute Gasteiger partial charge is 0.247 e. The number of ketones is 2. The standard InChI is InChI=1S/C25H26N4O5/c1-32-20-8-7-19(30)24(31)23(20)26-12-15-5-4-6-16(9-15)13-27-25-17-10-21(33-2)22(34-3)11-18(17)28-14-29-25/h4-6,9-11,14,26H,7-8,12-13H2,1-3H3,(H,27,28,29). The van der Waals surface area contributed by atoms with E-state index >= 15 is 0 Å². The normalized spacial score (nSPS) is 13.7. The second kappa shape index (κ2) is 10.2. The average Bonchev–Trinajstić information content (AvgIpc) is 2.87. The summed E-state index contributed by atoms with van der Waals surface area (Å²) in [6.45, 7) is 0.917. The van der Waals surface area contributed by atoms with Gasteiger partial charge in [0.25, 0.3) is 0 Å². The fourth-order valence-corrected chi connectivity index (χ4v) is 3.86. The Balaban J connectivity index is 1.48. The summed E-state index contributed by atoms with van der Waals surface area (Å²) in [6.07, 6.45) is 2.11. The molecule has 1 aliphatic rings. The quantitative estimate of drug-likeness (QED) is 0.463. The number of methoxy groups -OCH3 is 3. The number of hydrogen-bond donors (Lipinski definition) is 2. The monoisotopic (exact) mass is 462 g/mol. The van der Waals surface area contributed by atoms with Crippen molar-refractivity contribution in [1.82, 2.24) is 15.3 Å². The number of nitrogens with one attached hydrogen (secondary N) is 2. The molecule has 1 aliphatic carbocycles. The van der Waals surface area contributed by atoms with Crippen LogP contribution in [-0.4, -0.2) is 42.9 Å². The van der Waals surface area contributed by atoms with Crippen LogP contribution in [0, 0.1) is 0 Å². The molecule has 0 unspecified atom stereocenters. The lowest BCUT2D eigenvalue weighted by Crippen LogP contribution is -2.31. The number of rotatable bonds is 9. The zero-order chi connectivity index (χ0) is 24.1. The van der Waals surface area contributed by atoms with Gasteiger partial charge in [0.15, 0.2) is 11.5 Å². The summed E-state index contributed by atoms with van der Waals surface area (Å²) in [7, 11) is 4.68. The molecule has 9 heteroatoms. The van der Waals surface area contributed by atoms with Crippen molar-refractivity contribution < 1.29 is 23.8 Å². The lowest BCUT2D eigenvalue weighted by Gasteiger charge is -2.19. The fourth-order valence-electron chi connectivity index (χ4n) is 3.86. The van der Waals surface area contributed by atoms with Gasteiger partial charge in [0.1, 0.15) is 23.6 Å². The number of fused-ring (bicyclic) bond motifs is 1. The zero-order valence-electron chi connectivity index (χ0n) is 19.3. The van der Waals surface area contributed by atoms with Crippen molar-refractivity contribution in [3.63, 3.8) is 0 Å². The Bertz CT molecular complexity index is 1270. The summed E-state index contributed by atoms with van der Waals surface area (Å²) >= 11 is 0. The molecule has 1 heterocycles. The van der Waals surface area contributed by atoms with Gasteiger partial charge in [0.2, 0.25) is 11.6 Å². The van der Waals surface area contributed by atoms with Crippen LogP contribution in [0.15, 0.2) is 54.2 Å². The zero-order valence-corrected chi connectivity index (χ0v) is 19.3. The third-order valence-electron chi connectivity index (χ3n) is 5.65. The van der Waals surface area contributed by atoms with Gasteiger partial charge in [-0.15, -0.1) is 0 Å². The van der Waals surface area contributed by atoms with E-state index in [2.05, 4.69) is 20.6 Å². The summed E-state index contributed by atoms with van der Waals surface area (Å²) in [4.78, 5) is 32.8. The molecule has 3 aromatic rings. The minimum Gasteiger partial charge on any atom is -0.499 e. The molecule has 34 heavy (non-hydrogen) atoms. The highest BCUT2D eigenvalue weighted by Gasteiger charge is 2.28. The van der Waals surface area contributed by atoms with Crippen LogP contribution >= 0.6 is 0 Å². The molecular formula is C25H26N4O5. The van der Waals surface area contributed by atoms with Crippen LogP contribution in [0.4, 0.5) is 5.82 Å². The third-order valence-corrected chi connectivity index (χ3v) is 5.65. The van der Waals surface area contributed by atoms with Crippen LogP contribution in [0.1, 0.15) is 24.0 Å². The molecule has 176 valence electrons. The first kappa shape index (κ1) is 23.0. The number of anilines is 1. The Morgan fingerprint density at radius 1 is 0.853 bits per heavy atom. The highest BCUT2D eigenvalue weighted by molar-refractivity contribution is 6.44. The summed E-state index contributed by atoms with van der Waals surface area (Å²) in [5.41, 5.74) is 2.98. The van der Waals surface area contributed by atoms with Crippen LogP contribution in [0.25, 0.3) is 10.9 Å². The summed E-state index contributed by atoms with van der Waals surface area (Å²) in [5.74, 6) is 1.48. The topological polar surface area (TPSA) is 112 Å². The van der Waals surface area contributed by atoms with E-state index < -0.39 is 11.6 Å². The molecular weight excluding hydrogens is 436 g/mol. The SMILES string of the molecule is COC1=C(NCc2cccc(CNc3ncnc4cc(OC)c(OC)cc34)c2)C(=O)C(=O)CC1. The number of aromatic nitrogens is 2. The lowest BCUT2D eigenvalue weighted by molar-refractivity contribution is -0.135. The summed E-state index contributed by atoms with van der Waals surface area (Å²) in [5, 5.41) is 7.26. The minimum absolute atomic E-state index is 0.185. The predicted molar refractivity (Wildman–Crippen MR) is 127 cm³/mol. The van der Waals surface area contributed by atoms with Crippen molar-refractivity contribution >= 4 is 28.3 Å². The number of hydrogen-bond acceptors (Lipinski definition) is 9. The van der Waals surface area contributed by atoms with E-state index in [0.29, 0.717) is 42.6 Å². The van der Waals surface area contributed by atoms with E-state index in [1.807, 2.05) is 36.4 Å². The van der Waals surface area contributed by atoms with Gasteiger partial charge < -0.3 is 24.8 Å². The van der Waals surface area contributed by atoms with Gasteiger partial charge in [0, 0.05) is 37.4 Å². The Morgan fingerprint density at radius 3 is 2.26 bits per heavy atom. The van der Waals surface area contributed by atoms with Crippen molar-refractivity contribution in [3.05, 3.63) is 65.3 Å². The molecule has 0 bridgehead atoms. The molecule has 0 spiro atoms. The molecule has 2 N–H and O–H groups in total. The van der Waals surface area contributed by atoms with Crippen LogP contribution in [0.2, 0.25) is 0 Å². The number of allylic oxidation sites excluding steroid dienone is 2. The Labute approximate surface area is 197 Å². The summed E-state index contributed by atoms with van der Waals surface area (Å²) in [6, 6.07) is 11.6. The first-order valence-electron chi connectivity index (χ1n) is 10.8. The molecule has 0 amide bonds. The Morgan fingerprint density at radius 2 is 1.56 bits per heavy atom. The van der Waals surface area contributed by atoms with E-state index in [0.717, 1.165) is 22.0 Å². The van der Waals surface area contributed by atoms with Crippen molar-refractivity contribution in [3.8, 4) is 11.5 Å². The van der Waals surface area contributed by atoms with Crippen molar-refractivity contribution in [1.29, 1.82) is 0 Å². The van der Waals surface area contributed by atoms with Gasteiger partial charge in [-0.2, -0.15) is 0 Å². The first-order valence-corrected chi connectivity index (χ1v) is 10.8.